The molecule has 0 bridgehead atoms. The number of nitrogens with one attached hydrogen (secondary N) is 1. The third kappa shape index (κ3) is 5.85. The molecule has 1 atom stereocenters. The van der Waals surface area contributed by atoms with Gasteiger partial charge in [0.2, 0.25) is 0 Å². The van der Waals surface area contributed by atoms with Crippen LogP contribution in [0.2, 0.25) is 0 Å². The third-order valence-electron chi connectivity index (χ3n) is 4.90. The summed E-state index contributed by atoms with van der Waals surface area (Å²) in [5.41, 5.74) is 0. The maximum absolute atomic E-state index is 5.26. The second-order valence-electron chi connectivity index (χ2n) is 6.45. The van der Waals surface area contributed by atoms with Crippen LogP contribution in [0.1, 0.15) is 32.1 Å². The highest BCUT2D eigenvalue weighted by Gasteiger charge is 2.25. The van der Waals surface area contributed by atoms with Gasteiger partial charge in [-0.2, -0.15) is 0 Å². The molecule has 0 spiro atoms. The fraction of sp³-hybridized carbons (Fsp3) is 0.938. The number of ether oxygens (including phenoxy) is 1. The third-order valence-corrected chi connectivity index (χ3v) is 4.90. The Morgan fingerprint density at radius 2 is 2.05 bits per heavy atom. The van der Waals surface area contributed by atoms with E-state index in [9.17, 15) is 0 Å². The number of likely N-dealkylation sites (N-methyl/N-ethyl adjacent to an activating group) is 1. The summed E-state index contributed by atoms with van der Waals surface area (Å²) in [6, 6.07) is 0.798. The van der Waals surface area contributed by atoms with Gasteiger partial charge in [-0.05, 0) is 26.3 Å². The maximum Gasteiger partial charge on any atom is 0.193 e. The van der Waals surface area contributed by atoms with Crippen LogP contribution in [0, 0.1) is 5.92 Å². The van der Waals surface area contributed by atoms with E-state index in [-0.39, 0.29) is 24.0 Å². The molecular formula is C16H33IN4O. The molecule has 2 aliphatic rings. The lowest BCUT2D eigenvalue weighted by molar-refractivity contribution is 0.157. The average molecular weight is 424 g/mol. The molecule has 1 unspecified atom stereocenters. The van der Waals surface area contributed by atoms with Crippen molar-refractivity contribution in [3.63, 3.8) is 0 Å². The number of guanidine groups is 1. The number of hydrogen-bond donors (Lipinski definition) is 1. The van der Waals surface area contributed by atoms with E-state index in [2.05, 4.69) is 27.2 Å². The summed E-state index contributed by atoms with van der Waals surface area (Å²) in [5.74, 6) is 1.70. The van der Waals surface area contributed by atoms with Crippen LogP contribution < -0.4 is 5.32 Å². The lowest BCUT2D eigenvalue weighted by atomic mass is 10.1. The zero-order valence-corrected chi connectivity index (χ0v) is 16.7. The minimum atomic E-state index is 0. The molecule has 1 aliphatic carbocycles. The number of hydrogen-bond acceptors (Lipinski definition) is 3. The monoisotopic (exact) mass is 424 g/mol. The fourth-order valence-electron chi connectivity index (χ4n) is 3.60. The predicted molar refractivity (Wildman–Crippen MR) is 103 cm³/mol. The van der Waals surface area contributed by atoms with Crippen LogP contribution in [0.15, 0.2) is 4.99 Å². The Hall–Kier alpha value is -0.0800. The van der Waals surface area contributed by atoms with E-state index in [4.69, 9.17) is 4.74 Å². The molecule has 2 rings (SSSR count). The quantitative estimate of drug-likeness (QED) is 0.403. The van der Waals surface area contributed by atoms with Crippen LogP contribution >= 0.6 is 24.0 Å². The molecule has 1 saturated heterocycles. The van der Waals surface area contributed by atoms with E-state index >= 15 is 0 Å². The molecule has 2 fully saturated rings. The number of rotatable bonds is 6. The Morgan fingerprint density at radius 1 is 1.32 bits per heavy atom. The summed E-state index contributed by atoms with van der Waals surface area (Å²) in [6.45, 7) is 5.08. The number of nitrogens with zero attached hydrogens (tertiary/aromatic N) is 3. The number of halogens is 1. The fourth-order valence-corrected chi connectivity index (χ4v) is 3.60. The van der Waals surface area contributed by atoms with Crippen molar-refractivity contribution in [2.45, 2.75) is 38.1 Å². The SMILES string of the molecule is CN=C(NCCN(C)C1CCCC1)N1CCC(COC)C1.I. The molecule has 1 heterocycles. The molecule has 1 saturated carbocycles. The van der Waals surface area contributed by atoms with Crippen LogP contribution in [-0.2, 0) is 4.74 Å². The molecular weight excluding hydrogens is 391 g/mol. The summed E-state index contributed by atoms with van der Waals surface area (Å²) in [5, 5.41) is 3.52. The topological polar surface area (TPSA) is 40.1 Å². The van der Waals surface area contributed by atoms with E-state index in [1.807, 2.05) is 7.05 Å². The first-order valence-corrected chi connectivity index (χ1v) is 8.39. The van der Waals surface area contributed by atoms with Gasteiger partial charge in [-0.1, -0.05) is 12.8 Å². The first kappa shape index (κ1) is 20.0. The van der Waals surface area contributed by atoms with Gasteiger partial charge >= 0.3 is 0 Å². The van der Waals surface area contributed by atoms with Gasteiger partial charge in [-0.25, -0.2) is 0 Å². The molecule has 1 aliphatic heterocycles. The van der Waals surface area contributed by atoms with Crippen molar-refractivity contribution in [3.8, 4) is 0 Å². The Labute approximate surface area is 152 Å². The van der Waals surface area contributed by atoms with Crippen molar-refractivity contribution in [2.75, 3.05) is 54.0 Å². The molecule has 0 aromatic heterocycles. The van der Waals surface area contributed by atoms with Gasteiger partial charge in [0.15, 0.2) is 5.96 Å². The Bertz CT molecular complexity index is 334. The highest BCUT2D eigenvalue weighted by molar-refractivity contribution is 14.0. The van der Waals surface area contributed by atoms with Gasteiger partial charge in [0.1, 0.15) is 0 Å². The second-order valence-corrected chi connectivity index (χ2v) is 6.45. The molecule has 0 amide bonds. The van der Waals surface area contributed by atoms with E-state index in [0.29, 0.717) is 5.92 Å². The van der Waals surface area contributed by atoms with E-state index in [1.54, 1.807) is 7.11 Å². The summed E-state index contributed by atoms with van der Waals surface area (Å²) in [7, 11) is 5.92. The van der Waals surface area contributed by atoms with Crippen LogP contribution in [-0.4, -0.2) is 75.8 Å². The van der Waals surface area contributed by atoms with Crippen molar-refractivity contribution in [3.05, 3.63) is 0 Å². The van der Waals surface area contributed by atoms with Crippen LogP contribution in [0.25, 0.3) is 0 Å². The number of aliphatic imine (C=N–C) groups is 1. The molecule has 1 N–H and O–H groups in total. The first-order valence-electron chi connectivity index (χ1n) is 8.39. The van der Waals surface area contributed by atoms with Crippen molar-refractivity contribution < 1.29 is 4.74 Å². The predicted octanol–water partition coefficient (Wildman–Crippen LogP) is 2.02. The lowest BCUT2D eigenvalue weighted by Crippen LogP contribution is -2.44. The average Bonchev–Trinajstić information content (AvgIpc) is 3.15. The number of likely N-dealkylation sites (tertiary alicyclic amines) is 1. The summed E-state index contributed by atoms with van der Waals surface area (Å²) in [6.07, 6.45) is 6.75. The van der Waals surface area contributed by atoms with Gasteiger partial charge in [-0.3, -0.25) is 4.99 Å². The first-order chi connectivity index (χ1) is 10.2. The molecule has 22 heavy (non-hydrogen) atoms. The number of methoxy groups -OCH3 is 1. The molecule has 0 aromatic carbocycles. The minimum absolute atomic E-state index is 0. The highest BCUT2D eigenvalue weighted by atomic mass is 127. The smallest absolute Gasteiger partial charge is 0.193 e. The van der Waals surface area contributed by atoms with E-state index in [0.717, 1.165) is 44.8 Å². The van der Waals surface area contributed by atoms with Gasteiger partial charge in [0, 0.05) is 52.3 Å². The van der Waals surface area contributed by atoms with Crippen molar-refractivity contribution in [2.24, 2.45) is 10.9 Å². The van der Waals surface area contributed by atoms with Gasteiger partial charge < -0.3 is 19.9 Å². The Kier molecular flexibility index (Phi) is 9.66. The van der Waals surface area contributed by atoms with Crippen molar-refractivity contribution in [1.29, 1.82) is 0 Å². The second kappa shape index (κ2) is 10.6. The van der Waals surface area contributed by atoms with Gasteiger partial charge in [-0.15, -0.1) is 24.0 Å². The maximum atomic E-state index is 5.26. The normalized spacial score (nSPS) is 23.2. The molecule has 130 valence electrons. The largest absolute Gasteiger partial charge is 0.384 e. The molecule has 6 heteroatoms. The van der Waals surface area contributed by atoms with Crippen LogP contribution in [0.4, 0.5) is 0 Å². The molecule has 0 aromatic rings. The van der Waals surface area contributed by atoms with Crippen molar-refractivity contribution in [1.82, 2.24) is 15.1 Å². The summed E-state index contributed by atoms with van der Waals surface area (Å²) in [4.78, 5) is 9.30. The zero-order chi connectivity index (χ0) is 15.1. The summed E-state index contributed by atoms with van der Waals surface area (Å²) >= 11 is 0. The lowest BCUT2D eigenvalue weighted by Gasteiger charge is -2.26. The molecule has 0 radical (unpaired) electrons. The van der Waals surface area contributed by atoms with Crippen LogP contribution in [0.3, 0.4) is 0 Å². The van der Waals surface area contributed by atoms with E-state index < -0.39 is 0 Å². The Balaban J connectivity index is 0.00000242. The molecule has 5 nitrogen and oxygen atoms in total. The van der Waals surface area contributed by atoms with Gasteiger partial charge in [0.05, 0.1) is 6.61 Å². The van der Waals surface area contributed by atoms with Crippen molar-refractivity contribution >= 4 is 29.9 Å². The minimum Gasteiger partial charge on any atom is -0.384 e. The van der Waals surface area contributed by atoms with Crippen LogP contribution in [0.5, 0.6) is 0 Å². The highest BCUT2D eigenvalue weighted by Crippen LogP contribution is 2.21. The Morgan fingerprint density at radius 3 is 2.68 bits per heavy atom. The summed E-state index contributed by atoms with van der Waals surface area (Å²) < 4.78 is 5.26. The zero-order valence-electron chi connectivity index (χ0n) is 14.4. The van der Waals surface area contributed by atoms with E-state index in [1.165, 1.54) is 32.1 Å². The van der Waals surface area contributed by atoms with Gasteiger partial charge in [0.25, 0.3) is 0 Å². The standard InChI is InChI=1S/C16H32N4O.HI/c1-17-16(20-10-8-14(12-20)13-21-3)18-9-11-19(2)15-6-4-5-7-15;/h14-15H,4-13H2,1-3H3,(H,17,18);1H.